The molecular weight excluding hydrogens is 380 g/mol. The first-order chi connectivity index (χ1) is 13.6. The van der Waals surface area contributed by atoms with Gasteiger partial charge in [-0.15, -0.1) is 0 Å². The van der Waals surface area contributed by atoms with Crippen LogP contribution in [0.4, 0.5) is 10.5 Å². The topological polar surface area (TPSA) is 60.0 Å². The van der Waals surface area contributed by atoms with Crippen LogP contribution in [0.5, 0.6) is 17.2 Å². The number of carbonyl (C=O) groups excluding carboxylic acids is 1. The van der Waals surface area contributed by atoms with Gasteiger partial charge in [0.2, 0.25) is 0 Å². The number of benzene rings is 2. The van der Waals surface area contributed by atoms with Crippen molar-refractivity contribution in [3.63, 3.8) is 0 Å². The minimum absolute atomic E-state index is 0.00443. The van der Waals surface area contributed by atoms with E-state index in [0.29, 0.717) is 36.2 Å². The van der Waals surface area contributed by atoms with Crippen molar-refractivity contribution < 1.29 is 19.0 Å². The van der Waals surface area contributed by atoms with Crippen LogP contribution in [0.25, 0.3) is 0 Å². The molecule has 1 N–H and O–H groups in total. The second-order valence-corrected chi connectivity index (χ2v) is 7.39. The molecule has 1 atom stereocenters. The van der Waals surface area contributed by atoms with Crippen molar-refractivity contribution in [2.45, 2.75) is 25.8 Å². The Labute approximate surface area is 169 Å². The fourth-order valence-electron chi connectivity index (χ4n) is 3.74. The summed E-state index contributed by atoms with van der Waals surface area (Å²) in [7, 11) is 1.56. The maximum absolute atomic E-state index is 13.0. The zero-order valence-corrected chi connectivity index (χ0v) is 16.7. The van der Waals surface area contributed by atoms with Gasteiger partial charge >= 0.3 is 6.03 Å². The van der Waals surface area contributed by atoms with Crippen molar-refractivity contribution in [2.24, 2.45) is 0 Å². The quantitative estimate of drug-likeness (QED) is 0.801. The summed E-state index contributed by atoms with van der Waals surface area (Å²) in [6, 6.07) is 9.30. The number of ether oxygens (including phenoxy) is 3. The smallest absolute Gasteiger partial charge is 0.322 e. The second-order valence-electron chi connectivity index (χ2n) is 6.99. The number of hydrogen-bond acceptors (Lipinski definition) is 4. The van der Waals surface area contributed by atoms with Crippen LogP contribution in [0.1, 0.15) is 30.0 Å². The first-order valence-electron chi connectivity index (χ1n) is 9.38. The molecule has 0 spiro atoms. The molecule has 6 nitrogen and oxygen atoms in total. The Balaban J connectivity index is 1.55. The molecule has 1 fully saturated rings. The molecule has 148 valence electrons. The number of hydrogen-bond donors (Lipinski definition) is 1. The average molecular weight is 403 g/mol. The van der Waals surface area contributed by atoms with Gasteiger partial charge in [-0.2, -0.15) is 0 Å². The van der Waals surface area contributed by atoms with Crippen LogP contribution in [-0.4, -0.2) is 37.8 Å². The molecule has 1 saturated heterocycles. The highest BCUT2D eigenvalue weighted by Crippen LogP contribution is 2.39. The number of nitrogens with zero attached hydrogens (tertiary/aromatic N) is 1. The number of aryl methyl sites for hydroxylation is 1. The van der Waals surface area contributed by atoms with E-state index in [9.17, 15) is 4.79 Å². The molecule has 0 aliphatic carbocycles. The molecule has 28 heavy (non-hydrogen) atoms. The van der Waals surface area contributed by atoms with Crippen molar-refractivity contribution in [3.05, 3.63) is 46.5 Å². The number of fused-ring (bicyclic) bond motifs is 1. The highest BCUT2D eigenvalue weighted by atomic mass is 35.5. The first-order valence-corrected chi connectivity index (χ1v) is 9.76. The molecule has 0 bridgehead atoms. The Bertz CT molecular complexity index is 902. The molecule has 1 unspecified atom stereocenters. The number of methoxy groups -OCH3 is 1. The van der Waals surface area contributed by atoms with Crippen molar-refractivity contribution in [1.29, 1.82) is 0 Å². The van der Waals surface area contributed by atoms with Gasteiger partial charge in [0.15, 0.2) is 11.5 Å². The molecule has 4 rings (SSSR count). The van der Waals surface area contributed by atoms with E-state index >= 15 is 0 Å². The normalized spacial score (nSPS) is 18.1. The number of carbonyl (C=O) groups is 1. The fourth-order valence-corrected chi connectivity index (χ4v) is 3.89. The largest absolute Gasteiger partial charge is 0.495 e. The van der Waals surface area contributed by atoms with Crippen molar-refractivity contribution in [1.82, 2.24) is 4.90 Å². The summed E-state index contributed by atoms with van der Waals surface area (Å²) < 4.78 is 16.7. The molecule has 7 heteroatoms. The maximum Gasteiger partial charge on any atom is 0.322 e. The molecule has 0 radical (unpaired) electrons. The fraction of sp³-hybridized carbons (Fsp3) is 0.381. The highest BCUT2D eigenvalue weighted by molar-refractivity contribution is 6.31. The summed E-state index contributed by atoms with van der Waals surface area (Å²) in [6.07, 6.45) is 1.85. The van der Waals surface area contributed by atoms with Gasteiger partial charge in [-0.05, 0) is 49.1 Å². The van der Waals surface area contributed by atoms with Gasteiger partial charge in [0.05, 0.1) is 18.8 Å². The van der Waals surface area contributed by atoms with E-state index in [2.05, 4.69) is 5.32 Å². The van der Waals surface area contributed by atoms with E-state index in [1.807, 2.05) is 36.1 Å². The minimum atomic E-state index is -0.155. The number of amides is 2. The molecule has 0 aromatic heterocycles. The Morgan fingerprint density at radius 1 is 1.21 bits per heavy atom. The number of urea groups is 1. The lowest BCUT2D eigenvalue weighted by molar-refractivity contribution is 0.170. The number of likely N-dealkylation sites (tertiary alicyclic amines) is 1. The maximum atomic E-state index is 13.0. The van der Waals surface area contributed by atoms with Crippen LogP contribution in [0, 0.1) is 6.92 Å². The molecule has 0 saturated carbocycles. The summed E-state index contributed by atoms with van der Waals surface area (Å²) in [5.41, 5.74) is 2.54. The first kappa shape index (κ1) is 18.7. The van der Waals surface area contributed by atoms with Crippen LogP contribution in [0.2, 0.25) is 5.02 Å². The van der Waals surface area contributed by atoms with Gasteiger partial charge in [0.1, 0.15) is 19.0 Å². The summed E-state index contributed by atoms with van der Waals surface area (Å²) in [5, 5.41) is 3.58. The lowest BCUT2D eigenvalue weighted by Gasteiger charge is -2.27. The Kier molecular flexibility index (Phi) is 5.22. The number of nitrogens with one attached hydrogen (secondary N) is 1. The molecule has 2 aromatic rings. The van der Waals surface area contributed by atoms with E-state index in [-0.39, 0.29) is 12.1 Å². The SMILES string of the molecule is COc1cc(Cl)c(C)cc1NC(=O)N1CCCC1c1ccc2c(c1)OCCO2. The van der Waals surface area contributed by atoms with E-state index in [1.54, 1.807) is 13.2 Å². The molecule has 2 aliphatic rings. The van der Waals surface area contributed by atoms with Gasteiger partial charge in [0, 0.05) is 17.6 Å². The van der Waals surface area contributed by atoms with Crippen molar-refractivity contribution in [3.8, 4) is 17.2 Å². The van der Waals surface area contributed by atoms with Crippen LogP contribution in [-0.2, 0) is 0 Å². The molecule has 2 heterocycles. The summed E-state index contributed by atoms with van der Waals surface area (Å²) in [5.74, 6) is 2.04. The van der Waals surface area contributed by atoms with E-state index in [1.165, 1.54) is 0 Å². The van der Waals surface area contributed by atoms with Crippen molar-refractivity contribution in [2.75, 3.05) is 32.2 Å². The van der Waals surface area contributed by atoms with E-state index in [0.717, 1.165) is 35.5 Å². The van der Waals surface area contributed by atoms with Gasteiger partial charge in [-0.25, -0.2) is 4.79 Å². The second kappa shape index (κ2) is 7.80. The van der Waals surface area contributed by atoms with Gasteiger partial charge in [-0.3, -0.25) is 0 Å². The highest BCUT2D eigenvalue weighted by Gasteiger charge is 2.31. The third-order valence-corrected chi connectivity index (χ3v) is 5.59. The lowest BCUT2D eigenvalue weighted by Crippen LogP contribution is -2.34. The molecule has 2 aliphatic heterocycles. The van der Waals surface area contributed by atoms with Crippen LogP contribution >= 0.6 is 11.6 Å². The molecule has 2 aromatic carbocycles. The number of rotatable bonds is 3. The standard InChI is InChI=1S/C21H23ClN2O4/c1-13-10-16(19(26-2)12-15(13)22)23-21(25)24-7-3-4-17(24)14-5-6-18-20(11-14)28-9-8-27-18/h5-6,10-12,17H,3-4,7-9H2,1-2H3,(H,23,25). The zero-order chi connectivity index (χ0) is 19.7. The average Bonchev–Trinajstić information content (AvgIpc) is 3.20. The minimum Gasteiger partial charge on any atom is -0.495 e. The third kappa shape index (κ3) is 3.56. The predicted octanol–water partition coefficient (Wildman–Crippen LogP) is 4.80. The van der Waals surface area contributed by atoms with E-state index in [4.69, 9.17) is 25.8 Å². The zero-order valence-electron chi connectivity index (χ0n) is 16.0. The number of halogens is 1. The van der Waals surface area contributed by atoms with Crippen LogP contribution in [0.3, 0.4) is 0 Å². The number of anilines is 1. The summed E-state index contributed by atoms with van der Waals surface area (Å²) in [6.45, 7) is 3.69. The Morgan fingerprint density at radius 2 is 2.00 bits per heavy atom. The summed E-state index contributed by atoms with van der Waals surface area (Å²) >= 11 is 6.16. The monoisotopic (exact) mass is 402 g/mol. The summed E-state index contributed by atoms with van der Waals surface area (Å²) in [4.78, 5) is 14.9. The Hall–Kier alpha value is -2.60. The Morgan fingerprint density at radius 3 is 2.79 bits per heavy atom. The van der Waals surface area contributed by atoms with Gasteiger partial charge < -0.3 is 24.4 Å². The van der Waals surface area contributed by atoms with Gasteiger partial charge in [-0.1, -0.05) is 17.7 Å². The molecule has 2 amide bonds. The van der Waals surface area contributed by atoms with Crippen molar-refractivity contribution >= 4 is 23.3 Å². The van der Waals surface area contributed by atoms with Gasteiger partial charge in [0.25, 0.3) is 0 Å². The third-order valence-electron chi connectivity index (χ3n) is 5.19. The predicted molar refractivity (Wildman–Crippen MR) is 108 cm³/mol. The van der Waals surface area contributed by atoms with Crippen LogP contribution < -0.4 is 19.5 Å². The molecular formula is C21H23ClN2O4. The van der Waals surface area contributed by atoms with E-state index < -0.39 is 0 Å². The van der Waals surface area contributed by atoms with Crippen LogP contribution in [0.15, 0.2) is 30.3 Å². The lowest BCUT2D eigenvalue weighted by atomic mass is 10.0.